The van der Waals surface area contributed by atoms with Crippen molar-refractivity contribution in [2.75, 3.05) is 6.61 Å². The van der Waals surface area contributed by atoms with Crippen molar-refractivity contribution in [2.24, 2.45) is 10.4 Å². The summed E-state index contributed by atoms with van der Waals surface area (Å²) in [6.07, 6.45) is 4.95. The van der Waals surface area contributed by atoms with Gasteiger partial charge in [0.25, 0.3) is 0 Å². The van der Waals surface area contributed by atoms with Crippen LogP contribution in [-0.2, 0) is 4.74 Å². The molecular weight excluding hydrogens is 190 g/mol. The summed E-state index contributed by atoms with van der Waals surface area (Å²) >= 11 is 0. The number of hydrogen-bond acceptors (Lipinski definition) is 4. The van der Waals surface area contributed by atoms with Crippen molar-refractivity contribution < 1.29 is 4.74 Å². The summed E-state index contributed by atoms with van der Waals surface area (Å²) in [5.74, 6) is 0.614. The fourth-order valence-electron chi connectivity index (χ4n) is 1.37. The average molecular weight is 205 g/mol. The van der Waals surface area contributed by atoms with Gasteiger partial charge in [-0.25, -0.2) is 9.98 Å². The Morgan fingerprint density at radius 1 is 1.33 bits per heavy atom. The Labute approximate surface area is 89.4 Å². The lowest BCUT2D eigenvalue weighted by Crippen LogP contribution is -2.25. The predicted molar refractivity (Wildman–Crippen MR) is 57.8 cm³/mol. The van der Waals surface area contributed by atoms with E-state index in [4.69, 9.17) is 4.74 Å². The molecule has 0 saturated heterocycles. The third-order valence-electron chi connectivity index (χ3n) is 2.43. The van der Waals surface area contributed by atoms with Crippen LogP contribution < -0.4 is 0 Å². The van der Waals surface area contributed by atoms with Crippen molar-refractivity contribution in [3.05, 3.63) is 24.3 Å². The van der Waals surface area contributed by atoms with E-state index in [1.165, 1.54) is 0 Å². The van der Waals surface area contributed by atoms with Crippen LogP contribution >= 0.6 is 0 Å². The molecule has 1 aliphatic heterocycles. The van der Waals surface area contributed by atoms with E-state index in [2.05, 4.69) is 35.7 Å². The van der Waals surface area contributed by atoms with Crippen LogP contribution in [0.4, 0.5) is 0 Å². The normalized spacial score (nSPS) is 21.0. The van der Waals surface area contributed by atoms with Crippen LogP contribution in [0.3, 0.4) is 0 Å². The van der Waals surface area contributed by atoms with E-state index >= 15 is 0 Å². The van der Waals surface area contributed by atoms with Crippen LogP contribution in [-0.4, -0.2) is 28.5 Å². The first-order chi connectivity index (χ1) is 7.07. The van der Waals surface area contributed by atoms with Crippen molar-refractivity contribution in [3.63, 3.8) is 0 Å². The van der Waals surface area contributed by atoms with Crippen molar-refractivity contribution in [1.29, 1.82) is 0 Å². The summed E-state index contributed by atoms with van der Waals surface area (Å²) in [6, 6.07) is 0.203. The molecule has 0 saturated carbocycles. The summed E-state index contributed by atoms with van der Waals surface area (Å²) in [5.41, 5.74) is 0.841. The fourth-order valence-corrected chi connectivity index (χ4v) is 1.37. The van der Waals surface area contributed by atoms with Gasteiger partial charge in [0, 0.05) is 12.4 Å². The number of nitrogens with zero attached hydrogens (tertiary/aromatic N) is 3. The molecule has 0 amide bonds. The van der Waals surface area contributed by atoms with Crippen molar-refractivity contribution >= 4 is 5.90 Å². The summed E-state index contributed by atoms with van der Waals surface area (Å²) in [4.78, 5) is 12.7. The molecule has 0 aliphatic carbocycles. The lowest BCUT2D eigenvalue weighted by atomic mass is 9.88. The standard InChI is InChI=1S/C11H15N3O/c1-11(2,3)9-7-15-10(14-9)8-6-12-4-5-13-8/h4-6,9H,7H2,1-3H3/t9-/m0/s1. The number of rotatable bonds is 1. The number of aliphatic imine (C=N–C) groups is 1. The van der Waals surface area contributed by atoms with E-state index in [1.54, 1.807) is 18.6 Å². The molecule has 15 heavy (non-hydrogen) atoms. The zero-order valence-electron chi connectivity index (χ0n) is 9.27. The Bertz CT molecular complexity index is 367. The summed E-state index contributed by atoms with van der Waals surface area (Å²) in [6.45, 7) is 7.10. The second kappa shape index (κ2) is 3.61. The molecule has 1 aromatic rings. The first-order valence-corrected chi connectivity index (χ1v) is 5.04. The topological polar surface area (TPSA) is 47.4 Å². The molecule has 4 nitrogen and oxygen atoms in total. The maximum atomic E-state index is 5.53. The molecule has 0 radical (unpaired) electrons. The van der Waals surface area contributed by atoms with E-state index in [1.807, 2.05) is 0 Å². The average Bonchev–Trinajstić information content (AvgIpc) is 2.67. The monoisotopic (exact) mass is 205 g/mol. The van der Waals surface area contributed by atoms with E-state index in [9.17, 15) is 0 Å². The minimum atomic E-state index is 0.129. The van der Waals surface area contributed by atoms with Gasteiger partial charge >= 0.3 is 0 Å². The van der Waals surface area contributed by atoms with Gasteiger partial charge in [0.05, 0.1) is 12.2 Å². The Balaban J connectivity index is 2.21. The van der Waals surface area contributed by atoms with E-state index in [0.717, 1.165) is 0 Å². The quantitative estimate of drug-likeness (QED) is 0.700. The predicted octanol–water partition coefficient (Wildman–Crippen LogP) is 1.67. The van der Waals surface area contributed by atoms with Crippen LogP contribution in [0.25, 0.3) is 0 Å². The molecule has 0 spiro atoms. The minimum Gasteiger partial charge on any atom is -0.474 e. The van der Waals surface area contributed by atoms with Gasteiger partial charge in [0.1, 0.15) is 12.3 Å². The smallest absolute Gasteiger partial charge is 0.237 e. The number of hydrogen-bond donors (Lipinski definition) is 0. The molecule has 0 aromatic carbocycles. The van der Waals surface area contributed by atoms with Crippen LogP contribution in [0.15, 0.2) is 23.6 Å². The Morgan fingerprint density at radius 2 is 2.13 bits per heavy atom. The zero-order chi connectivity index (χ0) is 10.9. The third kappa shape index (κ3) is 2.14. The Kier molecular flexibility index (Phi) is 2.42. The highest BCUT2D eigenvalue weighted by Gasteiger charge is 2.30. The molecule has 1 aliphatic rings. The van der Waals surface area contributed by atoms with E-state index < -0.39 is 0 Å². The maximum absolute atomic E-state index is 5.53. The van der Waals surface area contributed by atoms with Gasteiger partial charge in [-0.05, 0) is 5.41 Å². The van der Waals surface area contributed by atoms with Gasteiger partial charge in [-0.3, -0.25) is 4.98 Å². The summed E-state index contributed by atoms with van der Waals surface area (Å²) in [5, 5.41) is 0. The van der Waals surface area contributed by atoms with Gasteiger partial charge in [0.2, 0.25) is 5.90 Å². The molecule has 2 heterocycles. The van der Waals surface area contributed by atoms with Crippen LogP contribution in [0, 0.1) is 5.41 Å². The highest BCUT2D eigenvalue weighted by atomic mass is 16.5. The van der Waals surface area contributed by atoms with Gasteiger partial charge in [-0.1, -0.05) is 20.8 Å². The molecule has 1 aromatic heterocycles. The second-order valence-electron chi connectivity index (χ2n) is 4.72. The first kappa shape index (κ1) is 10.1. The van der Waals surface area contributed by atoms with E-state index in [-0.39, 0.29) is 11.5 Å². The molecule has 0 fully saturated rings. The number of aromatic nitrogens is 2. The van der Waals surface area contributed by atoms with Crippen molar-refractivity contribution in [2.45, 2.75) is 26.8 Å². The second-order valence-corrected chi connectivity index (χ2v) is 4.72. The van der Waals surface area contributed by atoms with Crippen molar-refractivity contribution in [1.82, 2.24) is 9.97 Å². The Morgan fingerprint density at radius 3 is 2.67 bits per heavy atom. The Hall–Kier alpha value is -1.45. The van der Waals surface area contributed by atoms with Crippen LogP contribution in [0.5, 0.6) is 0 Å². The molecule has 0 bridgehead atoms. The van der Waals surface area contributed by atoms with Crippen molar-refractivity contribution in [3.8, 4) is 0 Å². The van der Waals surface area contributed by atoms with Gasteiger partial charge in [-0.2, -0.15) is 0 Å². The van der Waals surface area contributed by atoms with Gasteiger partial charge in [0.15, 0.2) is 0 Å². The maximum Gasteiger partial charge on any atom is 0.237 e. The SMILES string of the molecule is CC(C)(C)[C@@H]1COC(c2cnccn2)=N1. The number of ether oxygens (including phenoxy) is 1. The van der Waals surface area contributed by atoms with Gasteiger partial charge in [-0.15, -0.1) is 0 Å². The first-order valence-electron chi connectivity index (χ1n) is 5.04. The van der Waals surface area contributed by atoms with Crippen LogP contribution in [0.2, 0.25) is 0 Å². The van der Waals surface area contributed by atoms with E-state index in [0.29, 0.717) is 18.2 Å². The molecule has 2 rings (SSSR count). The largest absolute Gasteiger partial charge is 0.474 e. The fraction of sp³-hybridized carbons (Fsp3) is 0.545. The molecule has 4 heteroatoms. The summed E-state index contributed by atoms with van der Waals surface area (Å²) in [7, 11) is 0. The minimum absolute atomic E-state index is 0.129. The van der Waals surface area contributed by atoms with Gasteiger partial charge < -0.3 is 4.74 Å². The summed E-state index contributed by atoms with van der Waals surface area (Å²) < 4.78 is 5.53. The molecular formula is C11H15N3O. The molecule has 1 atom stereocenters. The highest BCUT2D eigenvalue weighted by Crippen LogP contribution is 2.26. The molecule has 80 valence electrons. The lowest BCUT2D eigenvalue weighted by Gasteiger charge is -2.21. The third-order valence-corrected chi connectivity index (χ3v) is 2.43. The highest BCUT2D eigenvalue weighted by molar-refractivity contribution is 5.92. The molecule has 0 unspecified atom stereocenters. The zero-order valence-corrected chi connectivity index (χ0v) is 9.27. The van der Waals surface area contributed by atoms with Crippen LogP contribution in [0.1, 0.15) is 26.5 Å². The molecule has 0 N–H and O–H groups in total. The lowest BCUT2D eigenvalue weighted by molar-refractivity contribution is 0.235.